The highest BCUT2D eigenvalue weighted by Gasteiger charge is 2.27. The minimum absolute atomic E-state index is 0.294. The van der Waals surface area contributed by atoms with Crippen molar-refractivity contribution in [1.29, 1.82) is 0 Å². The topological polar surface area (TPSA) is 48.1 Å². The number of hydrogen-bond acceptors (Lipinski definition) is 4. The lowest BCUT2D eigenvalue weighted by atomic mass is 10.0. The summed E-state index contributed by atoms with van der Waals surface area (Å²) in [7, 11) is 0. The first-order valence-electron chi connectivity index (χ1n) is 5.74. The molecular formula is C13H14N2OS. The lowest BCUT2D eigenvalue weighted by Gasteiger charge is -2.03. The van der Waals surface area contributed by atoms with E-state index in [9.17, 15) is 0 Å². The van der Waals surface area contributed by atoms with Crippen molar-refractivity contribution in [3.8, 4) is 5.75 Å². The zero-order chi connectivity index (χ0) is 11.7. The molecule has 2 aromatic rings. The maximum Gasteiger partial charge on any atom is 0.123 e. The van der Waals surface area contributed by atoms with E-state index in [4.69, 9.17) is 10.5 Å². The molecule has 2 heterocycles. The van der Waals surface area contributed by atoms with Crippen LogP contribution in [0.2, 0.25) is 0 Å². The first-order valence-corrected chi connectivity index (χ1v) is 6.62. The van der Waals surface area contributed by atoms with Crippen molar-refractivity contribution >= 4 is 11.3 Å². The maximum absolute atomic E-state index is 5.68. The molecule has 0 aliphatic carbocycles. The Bertz CT molecular complexity index is 524. The number of nitrogens with zero attached hydrogens (tertiary/aromatic N) is 1. The third-order valence-electron chi connectivity index (χ3n) is 2.97. The van der Waals surface area contributed by atoms with Gasteiger partial charge in [0, 0.05) is 17.4 Å². The predicted octanol–water partition coefficient (Wildman–Crippen LogP) is 2.17. The molecule has 1 aliphatic heterocycles. The molecule has 1 unspecified atom stereocenters. The van der Waals surface area contributed by atoms with Crippen LogP contribution in [0, 0.1) is 0 Å². The van der Waals surface area contributed by atoms with E-state index in [1.807, 2.05) is 12.1 Å². The molecule has 0 spiro atoms. The molecule has 0 radical (unpaired) electrons. The Morgan fingerprint density at radius 2 is 2.29 bits per heavy atom. The third-order valence-corrected chi connectivity index (χ3v) is 3.98. The Morgan fingerprint density at radius 3 is 3.18 bits per heavy atom. The zero-order valence-corrected chi connectivity index (χ0v) is 10.2. The molecule has 1 aromatic heterocycles. The average molecular weight is 246 g/mol. The summed E-state index contributed by atoms with van der Waals surface area (Å²) >= 11 is 1.70. The summed E-state index contributed by atoms with van der Waals surface area (Å²) in [5, 5.41) is 3.24. The van der Waals surface area contributed by atoms with Crippen molar-refractivity contribution in [1.82, 2.24) is 4.98 Å². The highest BCUT2D eigenvalue weighted by atomic mass is 32.1. The molecule has 4 heteroatoms. The smallest absolute Gasteiger partial charge is 0.123 e. The third kappa shape index (κ3) is 1.94. The molecule has 1 atom stereocenters. The highest BCUT2D eigenvalue weighted by molar-refractivity contribution is 7.09. The molecular weight excluding hydrogens is 232 g/mol. The van der Waals surface area contributed by atoms with Crippen LogP contribution in [0.5, 0.6) is 5.75 Å². The van der Waals surface area contributed by atoms with Gasteiger partial charge in [0.15, 0.2) is 0 Å². The van der Waals surface area contributed by atoms with E-state index in [1.54, 1.807) is 11.3 Å². The molecule has 1 aliphatic rings. The minimum atomic E-state index is 0.294. The van der Waals surface area contributed by atoms with Gasteiger partial charge in [-0.3, -0.25) is 0 Å². The molecule has 0 saturated heterocycles. The van der Waals surface area contributed by atoms with Gasteiger partial charge in [-0.2, -0.15) is 0 Å². The second kappa shape index (κ2) is 4.47. The maximum atomic E-state index is 5.68. The molecule has 0 amide bonds. The Balaban J connectivity index is 1.90. The number of aromatic nitrogens is 1. The molecule has 0 fully saturated rings. The van der Waals surface area contributed by atoms with E-state index < -0.39 is 0 Å². The van der Waals surface area contributed by atoms with Crippen molar-refractivity contribution in [2.45, 2.75) is 12.3 Å². The lowest BCUT2D eigenvalue weighted by Crippen LogP contribution is -2.05. The summed E-state index contributed by atoms with van der Waals surface area (Å²) in [5.41, 5.74) is 7.89. The number of hydrogen-bond donors (Lipinski definition) is 1. The number of ether oxygens (including phenoxy) is 1. The van der Waals surface area contributed by atoms with Gasteiger partial charge >= 0.3 is 0 Å². The van der Waals surface area contributed by atoms with Gasteiger partial charge in [0.2, 0.25) is 0 Å². The number of rotatable bonds is 3. The van der Waals surface area contributed by atoms with E-state index in [1.165, 1.54) is 5.56 Å². The summed E-state index contributed by atoms with van der Waals surface area (Å²) in [5.74, 6) is 1.29. The van der Waals surface area contributed by atoms with E-state index in [0.717, 1.165) is 22.9 Å². The van der Waals surface area contributed by atoms with E-state index in [-0.39, 0.29) is 0 Å². The van der Waals surface area contributed by atoms with Gasteiger partial charge in [0.1, 0.15) is 17.4 Å². The molecule has 2 N–H and O–H groups in total. The first-order chi connectivity index (χ1) is 8.38. The van der Waals surface area contributed by atoms with E-state index in [0.29, 0.717) is 19.1 Å². The molecule has 0 bridgehead atoms. The Labute approximate surface area is 104 Å². The molecule has 17 heavy (non-hydrogen) atoms. The van der Waals surface area contributed by atoms with Gasteiger partial charge in [-0.1, -0.05) is 18.2 Å². The van der Waals surface area contributed by atoms with Crippen LogP contribution in [0.25, 0.3) is 0 Å². The van der Waals surface area contributed by atoms with Gasteiger partial charge in [0.25, 0.3) is 0 Å². The van der Waals surface area contributed by atoms with Gasteiger partial charge in [-0.25, -0.2) is 4.98 Å². The second-order valence-electron chi connectivity index (χ2n) is 4.12. The quantitative estimate of drug-likeness (QED) is 0.903. The second-order valence-corrected chi connectivity index (χ2v) is 5.01. The number of para-hydroxylation sites is 1. The van der Waals surface area contributed by atoms with Crippen molar-refractivity contribution in [3.05, 3.63) is 45.9 Å². The summed E-state index contributed by atoms with van der Waals surface area (Å²) in [4.78, 5) is 4.64. The molecule has 1 aromatic carbocycles. The monoisotopic (exact) mass is 246 g/mol. The lowest BCUT2D eigenvalue weighted by molar-refractivity contribution is 0.343. The van der Waals surface area contributed by atoms with Crippen molar-refractivity contribution < 1.29 is 4.74 Å². The summed E-state index contributed by atoms with van der Waals surface area (Å²) < 4.78 is 5.68. The number of nitrogens with two attached hydrogens (primary N) is 1. The van der Waals surface area contributed by atoms with Crippen LogP contribution < -0.4 is 10.5 Å². The number of fused-ring (bicyclic) bond motifs is 1. The average Bonchev–Trinajstić information content (AvgIpc) is 2.95. The fourth-order valence-electron chi connectivity index (χ4n) is 2.11. The molecule has 3 rings (SSSR count). The molecule has 0 saturated carbocycles. The summed E-state index contributed by atoms with van der Waals surface area (Å²) in [6.45, 7) is 1.36. The number of benzene rings is 1. The van der Waals surface area contributed by atoms with Crippen LogP contribution in [0.1, 0.15) is 22.2 Å². The number of thiazole rings is 1. The van der Waals surface area contributed by atoms with Crippen LogP contribution in [0.3, 0.4) is 0 Å². The van der Waals surface area contributed by atoms with Crippen LogP contribution in [0.15, 0.2) is 29.6 Å². The fourth-order valence-corrected chi connectivity index (χ4v) is 3.07. The predicted molar refractivity (Wildman–Crippen MR) is 68.7 cm³/mol. The Morgan fingerprint density at radius 1 is 1.41 bits per heavy atom. The zero-order valence-electron chi connectivity index (χ0n) is 9.43. The van der Waals surface area contributed by atoms with Gasteiger partial charge in [-0.15, -0.1) is 11.3 Å². The normalized spacial score (nSPS) is 17.8. The standard InChI is InChI=1S/C13H14N2OS/c14-6-5-9-8-17-13(15-9)11-7-16-12-4-2-1-3-10(11)12/h1-4,8,11H,5-7,14H2. The largest absolute Gasteiger partial charge is 0.492 e. The van der Waals surface area contributed by atoms with Crippen molar-refractivity contribution in [2.75, 3.05) is 13.2 Å². The molecule has 88 valence electrons. The summed E-state index contributed by atoms with van der Waals surface area (Å²) in [6.07, 6.45) is 0.853. The van der Waals surface area contributed by atoms with Gasteiger partial charge in [-0.05, 0) is 12.6 Å². The van der Waals surface area contributed by atoms with Gasteiger partial charge in [0.05, 0.1) is 11.6 Å². The fraction of sp³-hybridized carbons (Fsp3) is 0.308. The minimum Gasteiger partial charge on any atom is -0.492 e. The van der Waals surface area contributed by atoms with Crippen LogP contribution >= 0.6 is 11.3 Å². The Hall–Kier alpha value is -1.39. The van der Waals surface area contributed by atoms with E-state index in [2.05, 4.69) is 22.5 Å². The van der Waals surface area contributed by atoms with Crippen LogP contribution in [-0.4, -0.2) is 18.1 Å². The summed E-state index contributed by atoms with van der Waals surface area (Å²) in [6, 6.07) is 8.19. The first kappa shape index (κ1) is 10.7. The van der Waals surface area contributed by atoms with E-state index >= 15 is 0 Å². The van der Waals surface area contributed by atoms with Crippen molar-refractivity contribution in [3.63, 3.8) is 0 Å². The Kier molecular flexibility index (Phi) is 2.82. The SMILES string of the molecule is NCCc1csc(C2COc3ccccc32)n1. The van der Waals surface area contributed by atoms with Gasteiger partial charge < -0.3 is 10.5 Å². The highest BCUT2D eigenvalue weighted by Crippen LogP contribution is 2.38. The van der Waals surface area contributed by atoms with Crippen LogP contribution in [0.4, 0.5) is 0 Å². The van der Waals surface area contributed by atoms with Crippen molar-refractivity contribution in [2.24, 2.45) is 5.73 Å². The molecule has 3 nitrogen and oxygen atoms in total. The van der Waals surface area contributed by atoms with Crippen LogP contribution in [-0.2, 0) is 6.42 Å².